The van der Waals surface area contributed by atoms with Crippen LogP contribution >= 0.6 is 0 Å². The molecule has 0 aliphatic heterocycles. The van der Waals surface area contributed by atoms with Gasteiger partial charge in [0.15, 0.2) is 0 Å². The minimum absolute atomic E-state index is 0.0223. The van der Waals surface area contributed by atoms with Crippen molar-refractivity contribution in [2.24, 2.45) is 7.05 Å². The molecule has 8 nitrogen and oxygen atoms in total. The van der Waals surface area contributed by atoms with E-state index in [2.05, 4.69) is 0 Å². The number of aromatic nitrogens is 1. The van der Waals surface area contributed by atoms with Crippen LogP contribution in [0.1, 0.15) is 11.5 Å². The summed E-state index contributed by atoms with van der Waals surface area (Å²) in [6.07, 6.45) is 3.52. The number of methoxy groups -OCH3 is 1. The number of ether oxygens (including phenoxy) is 1. The Morgan fingerprint density at radius 2 is 1.93 bits per heavy atom. The summed E-state index contributed by atoms with van der Waals surface area (Å²) >= 11 is 0. The molecule has 0 aromatic carbocycles. The first-order valence-corrected chi connectivity index (χ1v) is 8.78. The molecule has 2 aromatic rings. The Morgan fingerprint density at radius 3 is 2.48 bits per heavy atom. The number of rotatable bonds is 9. The zero-order chi connectivity index (χ0) is 19.8. The van der Waals surface area contributed by atoms with Crippen molar-refractivity contribution in [1.82, 2.24) is 19.3 Å². The monoisotopic (exact) mass is 376 g/mol. The van der Waals surface area contributed by atoms with Gasteiger partial charge < -0.3 is 28.4 Å². The quantitative estimate of drug-likeness (QED) is 0.669. The molecule has 8 heteroatoms. The van der Waals surface area contributed by atoms with Crippen LogP contribution in [0.5, 0.6) is 0 Å². The third-order valence-corrected chi connectivity index (χ3v) is 4.23. The van der Waals surface area contributed by atoms with Gasteiger partial charge in [-0.3, -0.25) is 4.79 Å². The molecule has 0 fully saturated rings. The largest absolute Gasteiger partial charge is 0.467 e. The van der Waals surface area contributed by atoms with Crippen LogP contribution in [0.3, 0.4) is 0 Å². The van der Waals surface area contributed by atoms with Gasteiger partial charge >= 0.3 is 6.03 Å². The highest BCUT2D eigenvalue weighted by atomic mass is 16.5. The second-order valence-corrected chi connectivity index (χ2v) is 6.53. The lowest BCUT2D eigenvalue weighted by Gasteiger charge is -2.29. The molecule has 0 atom stereocenters. The lowest BCUT2D eigenvalue weighted by Crippen LogP contribution is -2.47. The minimum Gasteiger partial charge on any atom is -0.467 e. The van der Waals surface area contributed by atoms with Crippen molar-refractivity contribution in [3.63, 3.8) is 0 Å². The minimum atomic E-state index is -0.225. The predicted molar refractivity (Wildman–Crippen MR) is 101 cm³/mol. The SMILES string of the molecule is COCCN(CC(=O)N(Cc1ccco1)Cc1cccn1C)C(=O)N(C)C. The number of nitrogens with zero attached hydrogens (tertiary/aromatic N) is 4. The standard InChI is InChI=1S/C19H28N4O4/c1-20(2)19(25)22(10-12-26-4)15-18(24)23(14-17-8-6-11-27-17)13-16-7-5-9-21(16)3/h5-9,11H,10,12-15H2,1-4H3. The number of carbonyl (C=O) groups is 2. The van der Waals surface area contributed by atoms with E-state index in [-0.39, 0.29) is 18.5 Å². The fourth-order valence-electron chi connectivity index (χ4n) is 2.67. The molecule has 148 valence electrons. The molecule has 3 amide bonds. The van der Waals surface area contributed by atoms with E-state index in [1.165, 1.54) is 9.80 Å². The predicted octanol–water partition coefficient (Wildman–Crippen LogP) is 1.78. The topological polar surface area (TPSA) is 71.2 Å². The first-order valence-electron chi connectivity index (χ1n) is 8.78. The molecule has 0 saturated heterocycles. The average molecular weight is 376 g/mol. The van der Waals surface area contributed by atoms with Gasteiger partial charge in [-0.25, -0.2) is 4.79 Å². The van der Waals surface area contributed by atoms with E-state index in [0.717, 1.165) is 5.69 Å². The Balaban J connectivity index is 2.14. The molecule has 0 aliphatic carbocycles. The Morgan fingerprint density at radius 1 is 1.15 bits per heavy atom. The van der Waals surface area contributed by atoms with Gasteiger partial charge in [0.05, 0.1) is 26.0 Å². The summed E-state index contributed by atoms with van der Waals surface area (Å²) in [4.78, 5) is 30.1. The zero-order valence-electron chi connectivity index (χ0n) is 16.4. The first kappa shape index (κ1) is 20.6. The van der Waals surface area contributed by atoms with E-state index < -0.39 is 0 Å². The van der Waals surface area contributed by atoms with Gasteiger partial charge in [-0.15, -0.1) is 0 Å². The van der Waals surface area contributed by atoms with Crippen LogP contribution in [0.4, 0.5) is 4.79 Å². The van der Waals surface area contributed by atoms with Gasteiger partial charge in [0.1, 0.15) is 12.3 Å². The number of hydrogen-bond donors (Lipinski definition) is 0. The third-order valence-electron chi connectivity index (χ3n) is 4.23. The molecule has 0 unspecified atom stereocenters. The number of furan rings is 1. The molecule has 2 aromatic heterocycles. The fraction of sp³-hybridized carbons (Fsp3) is 0.474. The van der Waals surface area contributed by atoms with E-state index in [1.807, 2.05) is 36.0 Å². The van der Waals surface area contributed by atoms with Crippen LogP contribution < -0.4 is 0 Å². The highest BCUT2D eigenvalue weighted by molar-refractivity contribution is 5.84. The maximum atomic E-state index is 13.0. The summed E-state index contributed by atoms with van der Waals surface area (Å²) in [5.41, 5.74) is 0.997. The number of urea groups is 1. The Bertz CT molecular complexity index is 724. The second kappa shape index (κ2) is 9.82. The van der Waals surface area contributed by atoms with Gasteiger partial charge in [0, 0.05) is 46.7 Å². The molecule has 0 bridgehead atoms. The lowest BCUT2D eigenvalue weighted by molar-refractivity contribution is -0.133. The van der Waals surface area contributed by atoms with E-state index >= 15 is 0 Å². The first-order chi connectivity index (χ1) is 12.9. The normalized spacial score (nSPS) is 10.7. The number of aryl methyl sites for hydroxylation is 1. The Kier molecular flexibility index (Phi) is 7.48. The fourth-order valence-corrected chi connectivity index (χ4v) is 2.67. The van der Waals surface area contributed by atoms with Gasteiger partial charge in [-0.05, 0) is 24.3 Å². The summed E-state index contributed by atoms with van der Waals surface area (Å²) < 4.78 is 12.5. The summed E-state index contributed by atoms with van der Waals surface area (Å²) in [5, 5.41) is 0. The van der Waals surface area contributed by atoms with Crippen molar-refractivity contribution in [2.75, 3.05) is 40.9 Å². The third kappa shape index (κ3) is 5.89. The molecule has 2 heterocycles. The van der Waals surface area contributed by atoms with Crippen LogP contribution in [0, 0.1) is 0 Å². The molecule has 0 saturated carbocycles. The van der Waals surface area contributed by atoms with Gasteiger partial charge in [0.2, 0.25) is 5.91 Å². The van der Waals surface area contributed by atoms with Gasteiger partial charge in [0.25, 0.3) is 0 Å². The Labute approximate surface area is 159 Å². The van der Waals surface area contributed by atoms with E-state index in [4.69, 9.17) is 9.15 Å². The van der Waals surface area contributed by atoms with Crippen molar-refractivity contribution in [3.05, 3.63) is 48.2 Å². The maximum absolute atomic E-state index is 13.0. The molecular formula is C19H28N4O4. The Hall–Kier alpha value is -2.74. The van der Waals surface area contributed by atoms with Crippen molar-refractivity contribution >= 4 is 11.9 Å². The van der Waals surface area contributed by atoms with Crippen molar-refractivity contribution in [1.29, 1.82) is 0 Å². The molecule has 0 aliphatic rings. The number of hydrogen-bond acceptors (Lipinski definition) is 4. The van der Waals surface area contributed by atoms with Crippen LogP contribution in [0.15, 0.2) is 41.1 Å². The molecule has 27 heavy (non-hydrogen) atoms. The molecule has 2 rings (SSSR count). The lowest BCUT2D eigenvalue weighted by atomic mass is 10.3. The van der Waals surface area contributed by atoms with Crippen LogP contribution in [0.25, 0.3) is 0 Å². The van der Waals surface area contributed by atoms with E-state index in [1.54, 1.807) is 38.4 Å². The summed E-state index contributed by atoms with van der Waals surface area (Å²) in [7, 11) is 6.83. The molecule has 0 N–H and O–H groups in total. The molecule has 0 spiro atoms. The highest BCUT2D eigenvalue weighted by Gasteiger charge is 2.23. The summed E-state index contributed by atoms with van der Waals surface area (Å²) in [5.74, 6) is 0.541. The van der Waals surface area contributed by atoms with Crippen molar-refractivity contribution < 1.29 is 18.7 Å². The van der Waals surface area contributed by atoms with Crippen LogP contribution in [-0.2, 0) is 29.7 Å². The number of amides is 3. The number of carbonyl (C=O) groups excluding carboxylic acids is 2. The summed E-state index contributed by atoms with van der Waals surface area (Å²) in [6, 6.07) is 7.30. The van der Waals surface area contributed by atoms with E-state index in [9.17, 15) is 9.59 Å². The van der Waals surface area contributed by atoms with Crippen LogP contribution in [0.2, 0.25) is 0 Å². The molecule has 0 radical (unpaired) electrons. The molecular weight excluding hydrogens is 348 g/mol. The highest BCUT2D eigenvalue weighted by Crippen LogP contribution is 2.12. The van der Waals surface area contributed by atoms with Gasteiger partial charge in [-0.2, -0.15) is 0 Å². The van der Waals surface area contributed by atoms with Crippen molar-refractivity contribution in [2.45, 2.75) is 13.1 Å². The second-order valence-electron chi connectivity index (χ2n) is 6.53. The summed E-state index contributed by atoms with van der Waals surface area (Å²) in [6.45, 7) is 1.45. The van der Waals surface area contributed by atoms with Gasteiger partial charge in [-0.1, -0.05) is 0 Å². The smallest absolute Gasteiger partial charge is 0.320 e. The zero-order valence-corrected chi connectivity index (χ0v) is 16.4. The van der Waals surface area contributed by atoms with Crippen molar-refractivity contribution in [3.8, 4) is 0 Å². The maximum Gasteiger partial charge on any atom is 0.320 e. The van der Waals surface area contributed by atoms with Crippen LogP contribution in [-0.4, -0.2) is 72.1 Å². The average Bonchev–Trinajstić information content (AvgIpc) is 3.29. The van der Waals surface area contributed by atoms with E-state index in [0.29, 0.717) is 32.0 Å².